The molecule has 0 aliphatic rings. The van der Waals surface area contributed by atoms with Crippen LogP contribution >= 0.6 is 11.8 Å². The lowest BCUT2D eigenvalue weighted by molar-refractivity contribution is 0.102. The maximum Gasteiger partial charge on any atom is 0.191 e. The van der Waals surface area contributed by atoms with E-state index in [4.69, 9.17) is 0 Å². The summed E-state index contributed by atoms with van der Waals surface area (Å²) in [6, 6.07) is 15.8. The minimum absolute atomic E-state index is 0.125. The number of thioether (sulfide) groups is 1. The van der Waals surface area contributed by atoms with Crippen molar-refractivity contribution in [2.24, 2.45) is 0 Å². The summed E-state index contributed by atoms with van der Waals surface area (Å²) in [4.78, 5) is 12.2. The molecule has 3 rings (SSSR count). The van der Waals surface area contributed by atoms with Crippen molar-refractivity contribution in [2.75, 3.05) is 5.75 Å². The molecule has 0 spiro atoms. The van der Waals surface area contributed by atoms with Gasteiger partial charge in [-0.05, 0) is 24.6 Å². The van der Waals surface area contributed by atoms with E-state index in [0.717, 1.165) is 17.9 Å². The van der Waals surface area contributed by atoms with E-state index in [2.05, 4.69) is 22.3 Å². The van der Waals surface area contributed by atoms with Crippen molar-refractivity contribution in [3.63, 3.8) is 0 Å². The van der Waals surface area contributed by atoms with Crippen LogP contribution in [0.3, 0.4) is 0 Å². The molecule has 0 N–H and O–H groups in total. The van der Waals surface area contributed by atoms with E-state index in [1.54, 1.807) is 12.1 Å². The van der Waals surface area contributed by atoms with E-state index in [-0.39, 0.29) is 11.5 Å². The first kappa shape index (κ1) is 17.4. The molecule has 0 aliphatic carbocycles. The van der Waals surface area contributed by atoms with E-state index in [1.807, 2.05) is 29.7 Å². The molecule has 1 aromatic heterocycles. The Balaban J connectivity index is 1.69. The molecule has 0 unspecified atom stereocenters. The van der Waals surface area contributed by atoms with Crippen LogP contribution in [0.4, 0.5) is 4.39 Å². The summed E-state index contributed by atoms with van der Waals surface area (Å²) < 4.78 is 15.2. The van der Waals surface area contributed by atoms with E-state index in [0.29, 0.717) is 17.1 Å². The van der Waals surface area contributed by atoms with Gasteiger partial charge in [-0.2, -0.15) is 0 Å². The lowest BCUT2D eigenvalue weighted by Crippen LogP contribution is -2.07. The highest BCUT2D eigenvalue weighted by Crippen LogP contribution is 2.20. The molecule has 0 radical (unpaired) electrons. The molecule has 0 saturated heterocycles. The number of nitrogens with zero attached hydrogens (tertiary/aromatic N) is 3. The number of benzene rings is 2. The van der Waals surface area contributed by atoms with Crippen LogP contribution in [0.15, 0.2) is 59.8 Å². The maximum absolute atomic E-state index is 13.2. The van der Waals surface area contributed by atoms with Gasteiger partial charge in [0.25, 0.3) is 0 Å². The molecule has 0 bridgehead atoms. The monoisotopic (exact) mass is 355 g/mol. The van der Waals surface area contributed by atoms with Crippen LogP contribution in [0.2, 0.25) is 0 Å². The van der Waals surface area contributed by atoms with Crippen molar-refractivity contribution < 1.29 is 9.18 Å². The van der Waals surface area contributed by atoms with Gasteiger partial charge in [0.15, 0.2) is 10.9 Å². The Morgan fingerprint density at radius 2 is 1.92 bits per heavy atom. The first-order valence-electron chi connectivity index (χ1n) is 8.05. The van der Waals surface area contributed by atoms with Gasteiger partial charge in [0.1, 0.15) is 11.6 Å². The summed E-state index contributed by atoms with van der Waals surface area (Å²) in [5, 5.41) is 9.19. The van der Waals surface area contributed by atoms with E-state index >= 15 is 0 Å². The first-order chi connectivity index (χ1) is 12.2. The van der Waals surface area contributed by atoms with Crippen molar-refractivity contribution in [1.82, 2.24) is 14.8 Å². The number of hydrogen-bond donors (Lipinski definition) is 0. The van der Waals surface area contributed by atoms with Crippen molar-refractivity contribution >= 4 is 17.5 Å². The lowest BCUT2D eigenvalue weighted by Gasteiger charge is -2.07. The fourth-order valence-corrected chi connectivity index (χ4v) is 3.44. The molecule has 4 nitrogen and oxygen atoms in total. The molecule has 3 aromatic rings. The third-order valence-corrected chi connectivity index (χ3v) is 4.76. The van der Waals surface area contributed by atoms with Crippen molar-refractivity contribution in [1.29, 1.82) is 0 Å². The Morgan fingerprint density at radius 3 is 2.64 bits per heavy atom. The highest BCUT2D eigenvalue weighted by Gasteiger charge is 2.14. The number of aromatic nitrogens is 3. The number of Topliss-reactive ketones (excluding diaryl/α,β-unsaturated/α-hetero) is 1. The van der Waals surface area contributed by atoms with Crippen LogP contribution in [0.5, 0.6) is 0 Å². The topological polar surface area (TPSA) is 47.8 Å². The molecule has 1 heterocycles. The molecule has 25 heavy (non-hydrogen) atoms. The molecule has 0 saturated carbocycles. The fourth-order valence-electron chi connectivity index (χ4n) is 2.53. The van der Waals surface area contributed by atoms with Crippen LogP contribution in [0, 0.1) is 5.82 Å². The highest BCUT2D eigenvalue weighted by atomic mass is 32.2. The Morgan fingerprint density at radius 1 is 1.12 bits per heavy atom. The summed E-state index contributed by atoms with van der Waals surface area (Å²) in [5.41, 5.74) is 1.54. The van der Waals surface area contributed by atoms with Crippen molar-refractivity contribution in [2.45, 2.75) is 25.0 Å². The van der Waals surface area contributed by atoms with E-state index in [9.17, 15) is 9.18 Å². The Labute approximate surface area is 150 Å². The Kier molecular flexibility index (Phi) is 5.60. The summed E-state index contributed by atoms with van der Waals surface area (Å²) >= 11 is 1.33. The minimum atomic E-state index is -0.405. The summed E-state index contributed by atoms with van der Waals surface area (Å²) in [7, 11) is 0. The van der Waals surface area contributed by atoms with Crippen LogP contribution in [0.25, 0.3) is 0 Å². The van der Waals surface area contributed by atoms with Gasteiger partial charge in [-0.15, -0.1) is 10.2 Å². The van der Waals surface area contributed by atoms with Crippen LogP contribution in [-0.2, 0) is 13.0 Å². The third-order valence-electron chi connectivity index (χ3n) is 3.79. The predicted molar refractivity (Wildman–Crippen MR) is 96.4 cm³/mol. The second kappa shape index (κ2) is 8.07. The Bertz CT molecular complexity index is 864. The quantitative estimate of drug-likeness (QED) is 0.475. The third kappa shape index (κ3) is 4.33. The van der Waals surface area contributed by atoms with Crippen LogP contribution < -0.4 is 0 Å². The van der Waals surface area contributed by atoms with Crippen molar-refractivity contribution in [3.8, 4) is 0 Å². The van der Waals surface area contributed by atoms with Gasteiger partial charge in [0.05, 0.1) is 5.75 Å². The summed E-state index contributed by atoms with van der Waals surface area (Å²) in [5.74, 6) is 0.541. The van der Waals surface area contributed by atoms with Gasteiger partial charge in [-0.25, -0.2) is 4.39 Å². The summed E-state index contributed by atoms with van der Waals surface area (Å²) in [6.07, 6.45) is 0.695. The zero-order valence-corrected chi connectivity index (χ0v) is 14.7. The smallest absolute Gasteiger partial charge is 0.191 e. The van der Waals surface area contributed by atoms with Gasteiger partial charge in [0.2, 0.25) is 0 Å². The largest absolute Gasteiger partial charge is 0.306 e. The fraction of sp³-hybridized carbons (Fsp3) is 0.211. The van der Waals surface area contributed by atoms with Gasteiger partial charge < -0.3 is 4.57 Å². The standard InChI is InChI=1S/C19H18FN3OS/c1-2-23-18(11-14-7-4-3-5-8-14)21-22-19(23)25-13-17(24)15-9-6-10-16(20)12-15/h3-10,12H,2,11,13H2,1H3. The number of carbonyl (C=O) groups excluding carboxylic acids is 1. The second-order valence-corrected chi connectivity index (χ2v) is 6.47. The average molecular weight is 355 g/mol. The molecular weight excluding hydrogens is 337 g/mol. The molecule has 0 aliphatic heterocycles. The van der Waals surface area contributed by atoms with Gasteiger partial charge in [0, 0.05) is 18.5 Å². The number of halogens is 1. The molecule has 0 fully saturated rings. The number of carbonyl (C=O) groups is 1. The van der Waals surface area contributed by atoms with Crippen molar-refractivity contribution in [3.05, 3.63) is 77.4 Å². The lowest BCUT2D eigenvalue weighted by atomic mass is 10.1. The maximum atomic E-state index is 13.2. The molecule has 2 aromatic carbocycles. The van der Waals surface area contributed by atoms with Gasteiger partial charge in [-0.3, -0.25) is 4.79 Å². The van der Waals surface area contributed by atoms with Crippen LogP contribution in [0.1, 0.15) is 28.7 Å². The zero-order valence-electron chi connectivity index (χ0n) is 13.9. The molecular formula is C19H18FN3OS. The zero-order chi connectivity index (χ0) is 17.6. The molecule has 6 heteroatoms. The number of rotatable bonds is 7. The first-order valence-corrected chi connectivity index (χ1v) is 9.03. The van der Waals surface area contributed by atoms with E-state index in [1.165, 1.54) is 23.9 Å². The molecule has 0 amide bonds. The Hall–Kier alpha value is -2.47. The number of hydrogen-bond acceptors (Lipinski definition) is 4. The predicted octanol–water partition coefficient (Wildman–Crippen LogP) is 4.00. The molecule has 0 atom stereocenters. The average Bonchev–Trinajstić information content (AvgIpc) is 3.02. The second-order valence-electron chi connectivity index (χ2n) is 5.53. The molecule has 128 valence electrons. The normalized spacial score (nSPS) is 10.8. The van der Waals surface area contributed by atoms with Crippen LogP contribution in [-0.4, -0.2) is 26.3 Å². The minimum Gasteiger partial charge on any atom is -0.306 e. The number of ketones is 1. The SMILES string of the molecule is CCn1c(Cc2ccccc2)nnc1SCC(=O)c1cccc(F)c1. The highest BCUT2D eigenvalue weighted by molar-refractivity contribution is 7.99. The van der Waals surface area contributed by atoms with E-state index < -0.39 is 5.82 Å². The van der Waals surface area contributed by atoms with Gasteiger partial charge >= 0.3 is 0 Å². The summed E-state index contributed by atoms with van der Waals surface area (Å²) in [6.45, 7) is 2.75. The van der Waals surface area contributed by atoms with Gasteiger partial charge in [-0.1, -0.05) is 54.2 Å².